The smallest absolute Gasteiger partial charge is 0.0386 e. The lowest BCUT2D eigenvalue weighted by molar-refractivity contribution is 0.588. The largest absolute Gasteiger partial charge is 0.362 e. The summed E-state index contributed by atoms with van der Waals surface area (Å²) in [6.07, 6.45) is 4.09. The highest BCUT2D eigenvalue weighted by Gasteiger charge is 2.20. The highest BCUT2D eigenvalue weighted by Crippen LogP contribution is 2.32. The number of nitrogens with one attached hydrogen (secondary N) is 1. The van der Waals surface area contributed by atoms with E-state index in [-0.39, 0.29) is 5.41 Å². The summed E-state index contributed by atoms with van der Waals surface area (Å²) in [6.45, 7) is 10.7. The molecule has 1 N–H and O–H groups in total. The lowest BCUT2D eigenvalue weighted by Gasteiger charge is -2.26. The molecule has 0 fully saturated rings. The zero-order valence-electron chi connectivity index (χ0n) is 9.59. The summed E-state index contributed by atoms with van der Waals surface area (Å²) >= 11 is 0. The molecule has 1 aliphatic heterocycles. The molecule has 1 aromatic rings. The van der Waals surface area contributed by atoms with E-state index in [9.17, 15) is 0 Å². The van der Waals surface area contributed by atoms with E-state index in [4.69, 9.17) is 0 Å². The molecule has 1 aromatic carbocycles. The van der Waals surface area contributed by atoms with Gasteiger partial charge in [0.2, 0.25) is 0 Å². The van der Waals surface area contributed by atoms with Crippen LogP contribution in [0.25, 0.3) is 11.8 Å². The van der Waals surface area contributed by atoms with E-state index in [1.54, 1.807) is 0 Å². The van der Waals surface area contributed by atoms with Crippen molar-refractivity contribution in [3.05, 3.63) is 47.7 Å². The summed E-state index contributed by atoms with van der Waals surface area (Å²) in [7, 11) is 0. The number of benzene rings is 1. The van der Waals surface area contributed by atoms with Crippen molar-refractivity contribution in [3.63, 3.8) is 0 Å². The maximum atomic E-state index is 4.02. The molecule has 0 spiro atoms. The van der Waals surface area contributed by atoms with Crippen LogP contribution in [0.2, 0.25) is 0 Å². The molecule has 0 atom stereocenters. The Morgan fingerprint density at radius 1 is 1.20 bits per heavy atom. The van der Waals surface area contributed by atoms with Gasteiger partial charge in [-0.3, -0.25) is 0 Å². The van der Waals surface area contributed by atoms with Gasteiger partial charge in [-0.1, -0.05) is 45.5 Å². The summed E-state index contributed by atoms with van der Waals surface area (Å²) < 4.78 is 0. The van der Waals surface area contributed by atoms with Crippen molar-refractivity contribution in [2.75, 3.05) is 0 Å². The molecule has 0 unspecified atom stereocenters. The van der Waals surface area contributed by atoms with Crippen LogP contribution in [-0.2, 0) is 5.41 Å². The predicted molar refractivity (Wildman–Crippen MR) is 66.3 cm³/mol. The third-order valence-corrected chi connectivity index (χ3v) is 2.75. The number of hydrogen-bond donors (Lipinski definition) is 1. The normalized spacial score (nSPS) is 14.7. The molecule has 78 valence electrons. The Labute approximate surface area is 91.5 Å². The van der Waals surface area contributed by atoms with Gasteiger partial charge in [0.25, 0.3) is 0 Å². The molecular weight excluding hydrogens is 182 g/mol. The van der Waals surface area contributed by atoms with E-state index in [0.717, 1.165) is 5.70 Å². The lowest BCUT2D eigenvalue weighted by Crippen LogP contribution is -2.17. The second kappa shape index (κ2) is 3.27. The van der Waals surface area contributed by atoms with Crippen LogP contribution in [-0.4, -0.2) is 0 Å². The van der Waals surface area contributed by atoms with Crippen LogP contribution in [0.1, 0.15) is 37.5 Å². The maximum absolute atomic E-state index is 4.02. The van der Waals surface area contributed by atoms with Crippen LogP contribution in [0.4, 0.5) is 0 Å². The molecule has 0 amide bonds. The molecule has 1 aliphatic rings. The lowest BCUT2D eigenvalue weighted by atomic mass is 9.81. The van der Waals surface area contributed by atoms with Gasteiger partial charge in [0.05, 0.1) is 0 Å². The Kier molecular flexibility index (Phi) is 2.18. The van der Waals surface area contributed by atoms with Crippen LogP contribution in [0.5, 0.6) is 0 Å². The van der Waals surface area contributed by atoms with Crippen LogP contribution >= 0.6 is 0 Å². The molecule has 1 nitrogen and oxygen atoms in total. The number of fused-ring (bicyclic) bond motifs is 1. The van der Waals surface area contributed by atoms with E-state index >= 15 is 0 Å². The molecular formula is C14H17N. The van der Waals surface area contributed by atoms with Gasteiger partial charge < -0.3 is 5.32 Å². The molecule has 0 bridgehead atoms. The van der Waals surface area contributed by atoms with Crippen molar-refractivity contribution in [3.8, 4) is 0 Å². The van der Waals surface area contributed by atoms with E-state index in [1.165, 1.54) is 16.7 Å². The number of hydrogen-bond acceptors (Lipinski definition) is 1. The second-order valence-electron chi connectivity index (χ2n) is 4.97. The minimum Gasteiger partial charge on any atom is -0.362 e. The van der Waals surface area contributed by atoms with Gasteiger partial charge in [-0.25, -0.2) is 0 Å². The minimum atomic E-state index is 0.174. The molecule has 1 heterocycles. The van der Waals surface area contributed by atoms with Crippen LogP contribution < -0.4 is 5.32 Å². The molecule has 15 heavy (non-hydrogen) atoms. The Morgan fingerprint density at radius 3 is 2.60 bits per heavy atom. The molecule has 1 heteroatoms. The molecule has 0 aromatic heterocycles. The van der Waals surface area contributed by atoms with Gasteiger partial charge in [-0.2, -0.15) is 0 Å². The van der Waals surface area contributed by atoms with Gasteiger partial charge in [0, 0.05) is 17.5 Å². The van der Waals surface area contributed by atoms with Crippen LogP contribution in [0.15, 0.2) is 31.0 Å². The van der Waals surface area contributed by atoms with Crippen molar-refractivity contribution in [1.82, 2.24) is 5.32 Å². The highest BCUT2D eigenvalue weighted by atomic mass is 14.9. The topological polar surface area (TPSA) is 12.0 Å². The molecule has 2 rings (SSSR count). The first kappa shape index (κ1) is 10.0. The molecule has 0 saturated heterocycles. The summed E-state index contributed by atoms with van der Waals surface area (Å²) in [4.78, 5) is 0. The standard InChI is InChI=1S/C14H17N/c1-10-11-6-5-7-13(14(2,3)4)12(11)8-9-15-10/h5-9,15H,1H2,2-4H3. The number of rotatable bonds is 0. The Morgan fingerprint density at radius 2 is 1.93 bits per heavy atom. The average Bonchev–Trinajstić information content (AvgIpc) is 2.16. The van der Waals surface area contributed by atoms with Crippen molar-refractivity contribution in [1.29, 1.82) is 0 Å². The molecule has 0 aliphatic carbocycles. The van der Waals surface area contributed by atoms with E-state index < -0.39 is 0 Å². The van der Waals surface area contributed by atoms with E-state index in [1.807, 2.05) is 6.20 Å². The third-order valence-electron chi connectivity index (χ3n) is 2.75. The quantitative estimate of drug-likeness (QED) is 0.674. The third kappa shape index (κ3) is 1.70. The Balaban J connectivity index is 2.66. The fourth-order valence-corrected chi connectivity index (χ4v) is 1.97. The zero-order valence-corrected chi connectivity index (χ0v) is 9.59. The van der Waals surface area contributed by atoms with Crippen molar-refractivity contribution in [2.45, 2.75) is 26.2 Å². The zero-order chi connectivity index (χ0) is 11.1. The first-order chi connectivity index (χ1) is 7.00. The summed E-state index contributed by atoms with van der Waals surface area (Å²) in [5.74, 6) is 0. The second-order valence-corrected chi connectivity index (χ2v) is 4.97. The SMILES string of the molecule is C=C1NC=Cc2c1cccc2C(C)(C)C. The summed E-state index contributed by atoms with van der Waals surface area (Å²) in [5.41, 5.74) is 5.05. The first-order valence-electron chi connectivity index (χ1n) is 5.26. The van der Waals surface area contributed by atoms with Gasteiger partial charge in [-0.05, 0) is 22.6 Å². The van der Waals surface area contributed by atoms with Crippen LogP contribution in [0.3, 0.4) is 0 Å². The average molecular weight is 199 g/mol. The van der Waals surface area contributed by atoms with Gasteiger partial charge >= 0.3 is 0 Å². The predicted octanol–water partition coefficient (Wildman–Crippen LogP) is 3.53. The monoisotopic (exact) mass is 199 g/mol. The first-order valence-corrected chi connectivity index (χ1v) is 5.26. The molecule has 0 radical (unpaired) electrons. The maximum Gasteiger partial charge on any atom is 0.0386 e. The summed E-state index contributed by atoms with van der Waals surface area (Å²) in [6, 6.07) is 6.41. The van der Waals surface area contributed by atoms with Crippen molar-refractivity contribution < 1.29 is 0 Å². The minimum absolute atomic E-state index is 0.174. The van der Waals surface area contributed by atoms with Gasteiger partial charge in [0.15, 0.2) is 0 Å². The fraction of sp³-hybridized carbons (Fsp3) is 0.286. The van der Waals surface area contributed by atoms with Crippen molar-refractivity contribution in [2.24, 2.45) is 0 Å². The fourth-order valence-electron chi connectivity index (χ4n) is 1.97. The van der Waals surface area contributed by atoms with Crippen LogP contribution in [0, 0.1) is 0 Å². The van der Waals surface area contributed by atoms with Gasteiger partial charge in [0.1, 0.15) is 0 Å². The van der Waals surface area contributed by atoms with E-state index in [2.05, 4.69) is 56.9 Å². The van der Waals surface area contributed by atoms with Crippen molar-refractivity contribution >= 4 is 11.8 Å². The Hall–Kier alpha value is -1.50. The van der Waals surface area contributed by atoms with E-state index in [0.29, 0.717) is 0 Å². The molecule has 0 saturated carbocycles. The Bertz CT molecular complexity index is 433. The summed E-state index contributed by atoms with van der Waals surface area (Å²) in [5, 5.41) is 3.14. The highest BCUT2D eigenvalue weighted by molar-refractivity contribution is 5.78. The van der Waals surface area contributed by atoms with Gasteiger partial charge in [-0.15, -0.1) is 0 Å².